The third-order valence-electron chi connectivity index (χ3n) is 2.99. The average molecular weight is 232 g/mol. The van der Waals surface area contributed by atoms with Crippen molar-refractivity contribution in [2.24, 2.45) is 0 Å². The monoisotopic (exact) mass is 232 g/mol. The van der Waals surface area contributed by atoms with Crippen molar-refractivity contribution in [3.8, 4) is 0 Å². The van der Waals surface area contributed by atoms with E-state index in [4.69, 9.17) is 5.11 Å². The van der Waals surface area contributed by atoms with E-state index in [0.29, 0.717) is 0 Å². The molecule has 0 aromatic rings. The Morgan fingerprint density at radius 2 is 1.87 bits per heavy atom. The molecule has 1 N–H and O–H groups in total. The minimum Gasteiger partial charge on any atom is -0.481 e. The zero-order valence-corrected chi connectivity index (χ0v) is 10.1. The van der Waals surface area contributed by atoms with E-state index in [1.165, 1.54) is 12.8 Å². The molecule has 1 fully saturated rings. The summed E-state index contributed by atoms with van der Waals surface area (Å²) in [6.45, 7) is 1.79. The minimum absolute atomic E-state index is 0.0309. The van der Waals surface area contributed by atoms with Crippen LogP contribution in [0, 0.1) is 0 Å². The number of rotatable bonds is 4. The maximum absolute atomic E-state index is 12.0. The summed E-state index contributed by atoms with van der Waals surface area (Å²) >= 11 is 0. The van der Waals surface area contributed by atoms with Crippen LogP contribution in [0.15, 0.2) is 0 Å². The quantitative estimate of drug-likeness (QED) is 0.757. The van der Waals surface area contributed by atoms with Crippen molar-refractivity contribution in [2.45, 2.75) is 62.4 Å². The fourth-order valence-corrected chi connectivity index (χ4v) is 3.89. The lowest BCUT2D eigenvalue weighted by Crippen LogP contribution is -2.25. The number of aliphatic carboxylic acids is 1. The normalized spacial score (nSPS) is 23.0. The lowest BCUT2D eigenvalue weighted by atomic mass is 10.2. The van der Waals surface area contributed by atoms with Crippen LogP contribution < -0.4 is 0 Å². The van der Waals surface area contributed by atoms with Crippen molar-refractivity contribution in [3.05, 3.63) is 0 Å². The second-order valence-corrected chi connectivity index (χ2v) is 6.48. The maximum atomic E-state index is 12.0. The van der Waals surface area contributed by atoms with E-state index in [0.717, 1.165) is 25.7 Å². The Kier molecular flexibility index (Phi) is 5.29. The highest BCUT2D eigenvalue weighted by Crippen LogP contribution is 2.23. The molecule has 0 bridgehead atoms. The van der Waals surface area contributed by atoms with Gasteiger partial charge in [0.2, 0.25) is 0 Å². The third kappa shape index (κ3) is 4.33. The van der Waals surface area contributed by atoms with E-state index >= 15 is 0 Å². The van der Waals surface area contributed by atoms with E-state index in [1.807, 2.05) is 0 Å². The molecule has 1 aliphatic rings. The van der Waals surface area contributed by atoms with Crippen LogP contribution in [0.4, 0.5) is 0 Å². The van der Waals surface area contributed by atoms with Crippen molar-refractivity contribution in [1.82, 2.24) is 0 Å². The van der Waals surface area contributed by atoms with Crippen LogP contribution in [0.3, 0.4) is 0 Å². The van der Waals surface area contributed by atoms with E-state index in [1.54, 1.807) is 6.92 Å². The standard InChI is InChI=1S/C11H20O3S/c1-9(8-11(12)13)15(14)10-6-4-2-3-5-7-10/h9-10H,2-8H2,1H3,(H,12,13). The molecule has 1 rings (SSSR count). The maximum Gasteiger partial charge on any atom is 0.304 e. The van der Waals surface area contributed by atoms with Crippen molar-refractivity contribution in [1.29, 1.82) is 0 Å². The van der Waals surface area contributed by atoms with Crippen LogP contribution in [-0.2, 0) is 15.6 Å². The molecule has 0 spiro atoms. The molecule has 1 aliphatic carbocycles. The number of carboxylic acids is 1. The van der Waals surface area contributed by atoms with Crippen molar-refractivity contribution >= 4 is 16.8 Å². The van der Waals surface area contributed by atoms with Gasteiger partial charge in [0.15, 0.2) is 0 Å². The highest BCUT2D eigenvalue weighted by molar-refractivity contribution is 7.86. The van der Waals surface area contributed by atoms with Crippen LogP contribution >= 0.6 is 0 Å². The molecule has 4 heteroatoms. The highest BCUT2D eigenvalue weighted by Gasteiger charge is 2.24. The Balaban J connectivity index is 2.46. The molecule has 0 radical (unpaired) electrons. The fourth-order valence-electron chi connectivity index (χ4n) is 2.13. The van der Waals surface area contributed by atoms with Gasteiger partial charge in [0.25, 0.3) is 0 Å². The summed E-state index contributed by atoms with van der Waals surface area (Å²) in [5.41, 5.74) is 0. The van der Waals surface area contributed by atoms with Crippen LogP contribution in [-0.4, -0.2) is 25.8 Å². The van der Waals surface area contributed by atoms with E-state index in [9.17, 15) is 9.00 Å². The van der Waals surface area contributed by atoms with Crippen LogP contribution in [0.1, 0.15) is 51.9 Å². The Bertz CT molecular complexity index is 232. The molecule has 0 aromatic carbocycles. The molecular formula is C11H20O3S. The molecule has 2 unspecified atom stereocenters. The van der Waals surface area contributed by atoms with Crippen molar-refractivity contribution < 1.29 is 14.1 Å². The first kappa shape index (κ1) is 12.7. The Morgan fingerprint density at radius 3 is 2.33 bits per heavy atom. The summed E-state index contributed by atoms with van der Waals surface area (Å²) in [6, 6.07) is 0. The molecule has 3 nitrogen and oxygen atoms in total. The molecule has 2 atom stereocenters. The summed E-state index contributed by atoms with van der Waals surface area (Å²) in [6.07, 6.45) is 6.82. The molecule has 88 valence electrons. The highest BCUT2D eigenvalue weighted by atomic mass is 32.2. The average Bonchev–Trinajstić information content (AvgIpc) is 2.43. The van der Waals surface area contributed by atoms with Gasteiger partial charge in [-0.25, -0.2) is 0 Å². The lowest BCUT2D eigenvalue weighted by Gasteiger charge is -2.17. The Labute approximate surface area is 93.7 Å². The second kappa shape index (κ2) is 6.26. The zero-order chi connectivity index (χ0) is 11.3. The van der Waals surface area contributed by atoms with E-state index in [2.05, 4.69) is 0 Å². The predicted octanol–water partition coefficient (Wildman–Crippen LogP) is 2.32. The molecule has 0 aliphatic heterocycles. The number of hydrogen-bond acceptors (Lipinski definition) is 2. The summed E-state index contributed by atoms with van der Waals surface area (Å²) in [7, 11) is -0.964. The summed E-state index contributed by atoms with van der Waals surface area (Å²) < 4.78 is 12.0. The molecular weight excluding hydrogens is 212 g/mol. The molecule has 0 amide bonds. The van der Waals surface area contributed by atoms with Gasteiger partial charge in [0.05, 0.1) is 6.42 Å². The van der Waals surface area contributed by atoms with Crippen LogP contribution in [0.25, 0.3) is 0 Å². The van der Waals surface area contributed by atoms with Gasteiger partial charge in [0, 0.05) is 21.3 Å². The topological polar surface area (TPSA) is 54.4 Å². The van der Waals surface area contributed by atoms with Gasteiger partial charge in [-0.3, -0.25) is 9.00 Å². The first-order valence-corrected chi connectivity index (χ1v) is 7.00. The van der Waals surface area contributed by atoms with E-state index in [-0.39, 0.29) is 16.9 Å². The van der Waals surface area contributed by atoms with Gasteiger partial charge in [-0.2, -0.15) is 0 Å². The van der Waals surface area contributed by atoms with Gasteiger partial charge in [-0.05, 0) is 12.8 Å². The van der Waals surface area contributed by atoms with Crippen molar-refractivity contribution in [2.75, 3.05) is 0 Å². The number of carbonyl (C=O) groups is 1. The lowest BCUT2D eigenvalue weighted by molar-refractivity contribution is -0.136. The molecule has 1 saturated carbocycles. The Morgan fingerprint density at radius 1 is 1.33 bits per heavy atom. The second-order valence-electron chi connectivity index (χ2n) is 4.35. The molecule has 0 aromatic heterocycles. The SMILES string of the molecule is CC(CC(=O)O)S(=O)C1CCCCCC1. The van der Waals surface area contributed by atoms with Crippen LogP contribution in [0.5, 0.6) is 0 Å². The van der Waals surface area contributed by atoms with Gasteiger partial charge in [0.1, 0.15) is 0 Å². The largest absolute Gasteiger partial charge is 0.481 e. The first-order valence-electron chi connectivity index (χ1n) is 5.72. The van der Waals surface area contributed by atoms with Crippen LogP contribution in [0.2, 0.25) is 0 Å². The van der Waals surface area contributed by atoms with Gasteiger partial charge >= 0.3 is 5.97 Å². The van der Waals surface area contributed by atoms with E-state index < -0.39 is 16.8 Å². The molecule has 0 saturated heterocycles. The van der Waals surface area contributed by atoms with Gasteiger partial charge in [-0.1, -0.05) is 32.6 Å². The smallest absolute Gasteiger partial charge is 0.304 e. The summed E-state index contributed by atoms with van der Waals surface area (Å²) in [5, 5.41) is 8.69. The Hall–Kier alpha value is -0.380. The van der Waals surface area contributed by atoms with Crippen molar-refractivity contribution in [3.63, 3.8) is 0 Å². The molecule has 0 heterocycles. The summed E-state index contributed by atoms with van der Waals surface area (Å²) in [5.74, 6) is -0.843. The predicted molar refractivity (Wildman–Crippen MR) is 61.3 cm³/mol. The summed E-state index contributed by atoms with van der Waals surface area (Å²) in [4.78, 5) is 10.5. The molecule has 15 heavy (non-hydrogen) atoms. The third-order valence-corrected chi connectivity index (χ3v) is 5.08. The first-order chi connectivity index (χ1) is 7.11. The van der Waals surface area contributed by atoms with Gasteiger partial charge in [-0.15, -0.1) is 0 Å². The number of carboxylic acid groups (broad SMARTS) is 1. The minimum atomic E-state index is -0.964. The zero-order valence-electron chi connectivity index (χ0n) is 9.28. The fraction of sp³-hybridized carbons (Fsp3) is 0.909. The van der Waals surface area contributed by atoms with Gasteiger partial charge < -0.3 is 5.11 Å². The number of hydrogen-bond donors (Lipinski definition) is 1.